The van der Waals surface area contributed by atoms with E-state index in [0.717, 1.165) is 16.6 Å². The van der Waals surface area contributed by atoms with Crippen LogP contribution in [-0.2, 0) is 27.4 Å². The van der Waals surface area contributed by atoms with E-state index in [1.807, 2.05) is 47.0 Å². The Morgan fingerprint density at radius 1 is 1.04 bits per heavy atom. The van der Waals surface area contributed by atoms with Crippen molar-refractivity contribution in [1.82, 2.24) is 14.9 Å². The third kappa shape index (κ3) is 5.55. The number of nitrogens with zero attached hydrogens (tertiary/aromatic N) is 2. The number of ether oxygens (including phenoxy) is 2. The monoisotopic (exact) mass is 382 g/mol. The third-order valence-electron chi connectivity index (χ3n) is 4.25. The first kappa shape index (κ1) is 19.9. The molecule has 7 heteroatoms. The third-order valence-corrected chi connectivity index (χ3v) is 4.25. The molecule has 1 aromatic heterocycles. The number of rotatable bonds is 11. The van der Waals surface area contributed by atoms with Gasteiger partial charge in [0.1, 0.15) is 6.54 Å². The number of fused-ring (bicyclic) bond motifs is 1. The number of nitrogens with one attached hydrogen (secondary N) is 2. The summed E-state index contributed by atoms with van der Waals surface area (Å²) in [5, 5.41) is 6.23. The largest absolute Gasteiger partial charge is 0.382 e. The molecule has 0 atom stereocenters. The van der Waals surface area contributed by atoms with Crippen LogP contribution in [-0.4, -0.2) is 48.9 Å². The predicted molar refractivity (Wildman–Crippen MR) is 109 cm³/mol. The van der Waals surface area contributed by atoms with Gasteiger partial charge in [-0.2, -0.15) is 0 Å². The van der Waals surface area contributed by atoms with Crippen molar-refractivity contribution in [2.75, 3.05) is 38.8 Å². The summed E-state index contributed by atoms with van der Waals surface area (Å²) in [6.45, 7) is 2.81. The molecule has 1 heterocycles. The Labute approximate surface area is 164 Å². The van der Waals surface area contributed by atoms with Gasteiger partial charge in [-0.1, -0.05) is 42.5 Å². The van der Waals surface area contributed by atoms with Crippen molar-refractivity contribution in [3.63, 3.8) is 0 Å². The molecule has 0 radical (unpaired) electrons. The van der Waals surface area contributed by atoms with E-state index in [-0.39, 0.29) is 12.5 Å². The first-order chi connectivity index (χ1) is 13.8. The molecule has 1 amide bonds. The molecular weight excluding hydrogens is 356 g/mol. The van der Waals surface area contributed by atoms with Crippen LogP contribution < -0.4 is 10.6 Å². The Balaban J connectivity index is 1.62. The van der Waals surface area contributed by atoms with Gasteiger partial charge in [-0.3, -0.25) is 4.79 Å². The molecule has 0 unspecified atom stereocenters. The normalized spacial score (nSPS) is 10.9. The Bertz CT molecular complexity index is 880. The molecule has 0 bridgehead atoms. The van der Waals surface area contributed by atoms with Gasteiger partial charge in [-0.25, -0.2) is 4.98 Å². The van der Waals surface area contributed by atoms with Gasteiger partial charge in [0.05, 0.1) is 30.9 Å². The van der Waals surface area contributed by atoms with Crippen LogP contribution in [0.15, 0.2) is 54.6 Å². The zero-order chi connectivity index (χ0) is 19.6. The van der Waals surface area contributed by atoms with E-state index in [9.17, 15) is 4.79 Å². The molecule has 0 aliphatic rings. The smallest absolute Gasteiger partial charge is 0.240 e. The maximum Gasteiger partial charge on any atom is 0.240 e. The fourth-order valence-corrected chi connectivity index (χ4v) is 2.85. The van der Waals surface area contributed by atoms with E-state index >= 15 is 0 Å². The Morgan fingerprint density at radius 2 is 1.82 bits per heavy atom. The number of imidazole rings is 1. The Hall–Kier alpha value is -2.90. The minimum atomic E-state index is -0.0822. The quantitative estimate of drug-likeness (QED) is 0.498. The molecule has 2 aromatic carbocycles. The highest BCUT2D eigenvalue weighted by atomic mass is 16.5. The summed E-state index contributed by atoms with van der Waals surface area (Å²) in [4.78, 5) is 17.0. The number of hydrogen-bond acceptors (Lipinski definition) is 5. The topological polar surface area (TPSA) is 77.4 Å². The van der Waals surface area contributed by atoms with Crippen molar-refractivity contribution in [3.05, 3.63) is 60.2 Å². The van der Waals surface area contributed by atoms with Gasteiger partial charge in [-0.15, -0.1) is 0 Å². The van der Waals surface area contributed by atoms with Gasteiger partial charge in [-0.05, 0) is 17.7 Å². The van der Waals surface area contributed by atoms with Crippen molar-refractivity contribution < 1.29 is 14.3 Å². The maximum atomic E-state index is 12.4. The summed E-state index contributed by atoms with van der Waals surface area (Å²) < 4.78 is 12.2. The lowest BCUT2D eigenvalue weighted by Crippen LogP contribution is -2.31. The van der Waals surface area contributed by atoms with Crippen molar-refractivity contribution in [2.45, 2.75) is 13.1 Å². The second-order valence-electron chi connectivity index (χ2n) is 6.30. The van der Waals surface area contributed by atoms with Crippen LogP contribution >= 0.6 is 0 Å². The van der Waals surface area contributed by atoms with Gasteiger partial charge >= 0.3 is 0 Å². The van der Waals surface area contributed by atoms with Gasteiger partial charge in [0.15, 0.2) is 0 Å². The number of hydrogen-bond donors (Lipinski definition) is 2. The Morgan fingerprint density at radius 3 is 2.64 bits per heavy atom. The van der Waals surface area contributed by atoms with Gasteiger partial charge in [0.25, 0.3) is 0 Å². The molecule has 148 valence electrons. The lowest BCUT2D eigenvalue weighted by atomic mass is 10.2. The average Bonchev–Trinajstić information content (AvgIpc) is 3.07. The summed E-state index contributed by atoms with van der Waals surface area (Å²) in [5.41, 5.74) is 2.93. The molecule has 28 heavy (non-hydrogen) atoms. The summed E-state index contributed by atoms with van der Waals surface area (Å²) >= 11 is 0. The second kappa shape index (κ2) is 10.4. The fraction of sp³-hybridized carbons (Fsp3) is 0.333. The highest BCUT2D eigenvalue weighted by molar-refractivity contribution is 5.83. The predicted octanol–water partition coefficient (Wildman–Crippen LogP) is 2.43. The number of para-hydroxylation sites is 2. The van der Waals surface area contributed by atoms with E-state index in [0.29, 0.717) is 38.9 Å². The minimum Gasteiger partial charge on any atom is -0.382 e. The molecule has 0 fully saturated rings. The first-order valence-electron chi connectivity index (χ1n) is 9.34. The SMILES string of the molecule is COCCOCCNC(=O)Cn1c(NCc2ccccc2)nc2ccccc21. The van der Waals surface area contributed by atoms with Gasteiger partial charge in [0, 0.05) is 20.2 Å². The molecule has 0 saturated carbocycles. The minimum absolute atomic E-state index is 0.0822. The van der Waals surface area contributed by atoms with Crippen LogP contribution in [0.2, 0.25) is 0 Å². The highest BCUT2D eigenvalue weighted by Gasteiger charge is 2.13. The molecule has 2 N–H and O–H groups in total. The van der Waals surface area contributed by atoms with Gasteiger partial charge < -0.3 is 24.7 Å². The molecule has 7 nitrogen and oxygen atoms in total. The lowest BCUT2D eigenvalue weighted by Gasteiger charge is -2.11. The summed E-state index contributed by atoms with van der Waals surface area (Å²) in [6.07, 6.45) is 0. The molecular formula is C21H26N4O3. The van der Waals surface area contributed by atoms with Crippen molar-refractivity contribution in [3.8, 4) is 0 Å². The van der Waals surface area contributed by atoms with Crippen LogP contribution in [0, 0.1) is 0 Å². The fourth-order valence-electron chi connectivity index (χ4n) is 2.85. The number of anilines is 1. The van der Waals surface area contributed by atoms with Crippen molar-refractivity contribution >= 4 is 22.9 Å². The number of methoxy groups -OCH3 is 1. The number of carbonyl (C=O) groups is 1. The van der Waals surface area contributed by atoms with Crippen LogP contribution in [0.4, 0.5) is 5.95 Å². The first-order valence-corrected chi connectivity index (χ1v) is 9.34. The molecule has 0 aliphatic heterocycles. The number of benzene rings is 2. The molecule has 3 aromatic rings. The number of amides is 1. The Kier molecular flexibility index (Phi) is 7.40. The zero-order valence-electron chi connectivity index (χ0n) is 16.1. The van der Waals surface area contributed by atoms with E-state index in [1.54, 1.807) is 7.11 Å². The molecule has 0 saturated heterocycles. The van der Waals surface area contributed by atoms with Gasteiger partial charge in [0.2, 0.25) is 11.9 Å². The molecule has 3 rings (SSSR count). The van der Waals surface area contributed by atoms with Crippen molar-refractivity contribution in [2.24, 2.45) is 0 Å². The van der Waals surface area contributed by atoms with E-state index in [4.69, 9.17) is 9.47 Å². The van der Waals surface area contributed by atoms with E-state index in [1.165, 1.54) is 0 Å². The highest BCUT2D eigenvalue weighted by Crippen LogP contribution is 2.20. The number of carbonyl (C=O) groups excluding carboxylic acids is 1. The summed E-state index contributed by atoms with van der Waals surface area (Å²) in [7, 11) is 1.63. The summed E-state index contributed by atoms with van der Waals surface area (Å²) in [5.74, 6) is 0.595. The average molecular weight is 382 g/mol. The second-order valence-corrected chi connectivity index (χ2v) is 6.30. The van der Waals surface area contributed by atoms with Crippen LogP contribution in [0.25, 0.3) is 11.0 Å². The summed E-state index contributed by atoms with van der Waals surface area (Å²) in [6, 6.07) is 17.9. The van der Waals surface area contributed by atoms with Crippen LogP contribution in [0.3, 0.4) is 0 Å². The lowest BCUT2D eigenvalue weighted by molar-refractivity contribution is -0.121. The van der Waals surface area contributed by atoms with E-state index in [2.05, 4.69) is 27.8 Å². The molecule has 0 spiro atoms. The van der Waals surface area contributed by atoms with Crippen LogP contribution in [0.1, 0.15) is 5.56 Å². The number of aromatic nitrogens is 2. The zero-order valence-corrected chi connectivity index (χ0v) is 16.1. The standard InChI is InChI=1S/C21H26N4O3/c1-27-13-14-28-12-11-22-20(26)16-25-19-10-6-5-9-18(19)24-21(25)23-15-17-7-3-2-4-8-17/h2-10H,11-16H2,1H3,(H,22,26)(H,23,24). The van der Waals surface area contributed by atoms with E-state index < -0.39 is 0 Å². The van der Waals surface area contributed by atoms with Crippen LogP contribution in [0.5, 0.6) is 0 Å². The van der Waals surface area contributed by atoms with Crippen molar-refractivity contribution in [1.29, 1.82) is 0 Å². The molecule has 0 aliphatic carbocycles. The maximum absolute atomic E-state index is 12.4.